The summed E-state index contributed by atoms with van der Waals surface area (Å²) in [5, 5.41) is 2.85. The summed E-state index contributed by atoms with van der Waals surface area (Å²) in [6.07, 6.45) is 1.86. The Labute approximate surface area is 119 Å². The summed E-state index contributed by atoms with van der Waals surface area (Å²) in [5.74, 6) is 0.0347. The summed E-state index contributed by atoms with van der Waals surface area (Å²) in [7, 11) is 0. The summed E-state index contributed by atoms with van der Waals surface area (Å²) in [4.78, 5) is 11.9. The highest BCUT2D eigenvalue weighted by Gasteiger charge is 2.19. The first kappa shape index (κ1) is 16.0. The zero-order valence-electron chi connectivity index (χ0n) is 11.7. The van der Waals surface area contributed by atoms with Gasteiger partial charge in [-0.1, -0.05) is 19.9 Å². The number of carbonyl (C=O) groups is 1. The van der Waals surface area contributed by atoms with Crippen LogP contribution < -0.4 is 5.32 Å². The van der Waals surface area contributed by atoms with Crippen LogP contribution in [-0.4, -0.2) is 18.3 Å². The van der Waals surface area contributed by atoms with Crippen LogP contribution >= 0.6 is 11.6 Å². The Bertz CT molecular complexity index is 446. The molecule has 1 N–H and O–H groups in total. The SMILES string of the molecule is Cc1ccc(C(=O)NCC(C)(C)CCCCl)cc1F. The van der Waals surface area contributed by atoms with E-state index in [0.717, 1.165) is 12.8 Å². The van der Waals surface area contributed by atoms with E-state index in [-0.39, 0.29) is 17.1 Å². The molecule has 2 nitrogen and oxygen atoms in total. The number of hydrogen-bond acceptors (Lipinski definition) is 1. The molecule has 0 bridgehead atoms. The summed E-state index contributed by atoms with van der Waals surface area (Å²) in [5.41, 5.74) is 0.892. The summed E-state index contributed by atoms with van der Waals surface area (Å²) >= 11 is 5.67. The number of nitrogens with one attached hydrogen (secondary N) is 1. The number of carbonyl (C=O) groups excluding carboxylic acids is 1. The van der Waals surface area contributed by atoms with Crippen molar-refractivity contribution in [3.05, 3.63) is 35.1 Å². The van der Waals surface area contributed by atoms with E-state index in [1.165, 1.54) is 6.07 Å². The third kappa shape index (κ3) is 5.19. The predicted molar refractivity (Wildman–Crippen MR) is 77.2 cm³/mol. The van der Waals surface area contributed by atoms with Crippen molar-refractivity contribution < 1.29 is 9.18 Å². The van der Waals surface area contributed by atoms with Crippen LogP contribution in [0, 0.1) is 18.2 Å². The Hall–Kier alpha value is -1.09. The normalized spacial score (nSPS) is 11.4. The molecule has 0 fully saturated rings. The van der Waals surface area contributed by atoms with Crippen LogP contribution in [0.15, 0.2) is 18.2 Å². The van der Waals surface area contributed by atoms with Gasteiger partial charge < -0.3 is 5.32 Å². The van der Waals surface area contributed by atoms with Crippen molar-refractivity contribution >= 4 is 17.5 Å². The maximum atomic E-state index is 13.4. The molecule has 19 heavy (non-hydrogen) atoms. The van der Waals surface area contributed by atoms with Crippen LogP contribution in [0.3, 0.4) is 0 Å². The van der Waals surface area contributed by atoms with Gasteiger partial charge in [0.1, 0.15) is 5.82 Å². The lowest BCUT2D eigenvalue weighted by Crippen LogP contribution is -2.34. The first-order valence-electron chi connectivity index (χ1n) is 6.46. The lowest BCUT2D eigenvalue weighted by Gasteiger charge is -2.24. The molecule has 1 rings (SSSR count). The molecule has 0 aliphatic rings. The second kappa shape index (κ2) is 6.90. The molecule has 0 radical (unpaired) electrons. The summed E-state index contributed by atoms with van der Waals surface area (Å²) < 4.78 is 13.4. The quantitative estimate of drug-likeness (QED) is 0.789. The molecule has 0 saturated heterocycles. The van der Waals surface area contributed by atoms with Crippen molar-refractivity contribution in [3.8, 4) is 0 Å². The third-order valence-corrected chi connectivity index (χ3v) is 3.42. The first-order valence-corrected chi connectivity index (χ1v) is 6.99. The molecular weight excluding hydrogens is 265 g/mol. The predicted octanol–water partition coefficient (Wildman–Crippen LogP) is 3.91. The van der Waals surface area contributed by atoms with E-state index in [1.807, 2.05) is 0 Å². The summed E-state index contributed by atoms with van der Waals surface area (Å²) in [6.45, 7) is 6.38. The fourth-order valence-corrected chi connectivity index (χ4v) is 1.92. The number of amides is 1. The van der Waals surface area contributed by atoms with Gasteiger partial charge in [0, 0.05) is 18.0 Å². The minimum atomic E-state index is -0.353. The van der Waals surface area contributed by atoms with E-state index in [4.69, 9.17) is 11.6 Å². The lowest BCUT2D eigenvalue weighted by atomic mass is 9.88. The van der Waals surface area contributed by atoms with Crippen molar-refractivity contribution in [2.75, 3.05) is 12.4 Å². The minimum Gasteiger partial charge on any atom is -0.352 e. The van der Waals surface area contributed by atoms with Crippen LogP contribution in [0.4, 0.5) is 4.39 Å². The van der Waals surface area contributed by atoms with E-state index in [2.05, 4.69) is 19.2 Å². The van der Waals surface area contributed by atoms with E-state index in [9.17, 15) is 9.18 Å². The van der Waals surface area contributed by atoms with Gasteiger partial charge in [-0.3, -0.25) is 4.79 Å². The van der Waals surface area contributed by atoms with Crippen molar-refractivity contribution in [2.24, 2.45) is 5.41 Å². The molecule has 0 aliphatic heterocycles. The number of aryl methyl sites for hydroxylation is 1. The second-order valence-corrected chi connectivity index (χ2v) is 5.98. The van der Waals surface area contributed by atoms with Crippen LogP contribution in [0.5, 0.6) is 0 Å². The van der Waals surface area contributed by atoms with Crippen molar-refractivity contribution in [1.82, 2.24) is 5.32 Å². The van der Waals surface area contributed by atoms with Gasteiger partial charge in [-0.05, 0) is 42.9 Å². The lowest BCUT2D eigenvalue weighted by molar-refractivity contribution is 0.0934. The molecule has 0 spiro atoms. The molecule has 0 saturated carbocycles. The Balaban J connectivity index is 2.57. The molecular formula is C15H21ClFNO. The molecule has 0 aromatic heterocycles. The topological polar surface area (TPSA) is 29.1 Å². The second-order valence-electron chi connectivity index (χ2n) is 5.60. The third-order valence-electron chi connectivity index (χ3n) is 3.15. The fraction of sp³-hybridized carbons (Fsp3) is 0.533. The Morgan fingerprint density at radius 2 is 2.11 bits per heavy atom. The highest BCUT2D eigenvalue weighted by molar-refractivity contribution is 6.17. The zero-order chi connectivity index (χ0) is 14.5. The smallest absolute Gasteiger partial charge is 0.251 e. The maximum absolute atomic E-state index is 13.4. The minimum absolute atomic E-state index is 0.00616. The number of benzene rings is 1. The Morgan fingerprint density at radius 1 is 1.42 bits per heavy atom. The van der Waals surface area contributed by atoms with Gasteiger partial charge in [0.05, 0.1) is 0 Å². The number of alkyl halides is 1. The highest BCUT2D eigenvalue weighted by atomic mass is 35.5. The number of rotatable bonds is 6. The molecule has 0 unspecified atom stereocenters. The van der Waals surface area contributed by atoms with Crippen molar-refractivity contribution in [2.45, 2.75) is 33.6 Å². The van der Waals surface area contributed by atoms with Gasteiger partial charge in [0.15, 0.2) is 0 Å². The van der Waals surface area contributed by atoms with Crippen molar-refractivity contribution in [3.63, 3.8) is 0 Å². The largest absolute Gasteiger partial charge is 0.352 e. The van der Waals surface area contributed by atoms with Crippen molar-refractivity contribution in [1.29, 1.82) is 0 Å². The molecule has 0 aliphatic carbocycles. The van der Waals surface area contributed by atoms with E-state index in [0.29, 0.717) is 23.6 Å². The summed E-state index contributed by atoms with van der Waals surface area (Å²) in [6, 6.07) is 4.53. The van der Waals surface area contributed by atoms with Gasteiger partial charge in [-0.15, -0.1) is 11.6 Å². The molecule has 1 amide bonds. The molecule has 1 aromatic carbocycles. The molecule has 106 valence electrons. The number of halogens is 2. The molecule has 0 heterocycles. The molecule has 4 heteroatoms. The van der Waals surface area contributed by atoms with E-state index >= 15 is 0 Å². The van der Waals surface area contributed by atoms with Crippen LogP contribution in [-0.2, 0) is 0 Å². The van der Waals surface area contributed by atoms with E-state index in [1.54, 1.807) is 19.1 Å². The standard InChI is InChI=1S/C15H21ClFNO/c1-11-5-6-12(9-13(11)17)14(19)18-10-15(2,3)7-4-8-16/h5-6,9H,4,7-8,10H2,1-3H3,(H,18,19). The highest BCUT2D eigenvalue weighted by Crippen LogP contribution is 2.21. The van der Waals surface area contributed by atoms with Gasteiger partial charge in [-0.25, -0.2) is 4.39 Å². The van der Waals surface area contributed by atoms with Gasteiger partial charge in [-0.2, -0.15) is 0 Å². The number of hydrogen-bond donors (Lipinski definition) is 1. The Morgan fingerprint density at radius 3 is 2.68 bits per heavy atom. The average Bonchev–Trinajstić information content (AvgIpc) is 2.37. The van der Waals surface area contributed by atoms with Gasteiger partial charge in [0.2, 0.25) is 0 Å². The van der Waals surface area contributed by atoms with Crippen LogP contribution in [0.1, 0.15) is 42.6 Å². The Kier molecular flexibility index (Phi) is 5.80. The molecule has 0 atom stereocenters. The van der Waals surface area contributed by atoms with Crippen LogP contribution in [0.2, 0.25) is 0 Å². The monoisotopic (exact) mass is 285 g/mol. The van der Waals surface area contributed by atoms with Gasteiger partial charge >= 0.3 is 0 Å². The fourth-order valence-electron chi connectivity index (χ4n) is 1.79. The first-order chi connectivity index (χ1) is 8.85. The molecule has 1 aromatic rings. The average molecular weight is 286 g/mol. The van der Waals surface area contributed by atoms with Crippen LogP contribution in [0.25, 0.3) is 0 Å². The van der Waals surface area contributed by atoms with E-state index < -0.39 is 0 Å². The maximum Gasteiger partial charge on any atom is 0.251 e. The van der Waals surface area contributed by atoms with Gasteiger partial charge in [0.25, 0.3) is 5.91 Å². The zero-order valence-corrected chi connectivity index (χ0v) is 12.5.